The Morgan fingerprint density at radius 1 is 1.26 bits per heavy atom. The zero-order valence-electron chi connectivity index (χ0n) is 14.5. The molecule has 5 rings (SSSR count). The highest BCUT2D eigenvalue weighted by atomic mass is 35.5. The second-order valence-electron chi connectivity index (χ2n) is 7.26. The van der Waals surface area contributed by atoms with Crippen LogP contribution in [0.5, 0.6) is 0 Å². The fraction of sp³-hybridized carbons (Fsp3) is 0.350. The van der Waals surface area contributed by atoms with Crippen molar-refractivity contribution in [2.45, 2.75) is 38.3 Å². The van der Waals surface area contributed by atoms with Gasteiger partial charge >= 0.3 is 5.63 Å². The Labute approximate surface area is 165 Å². The number of hydrogen-bond donors (Lipinski definition) is 0. The van der Waals surface area contributed by atoms with Crippen LogP contribution in [-0.4, -0.2) is 21.4 Å². The molecule has 1 aliphatic heterocycles. The molecule has 0 amide bonds. The van der Waals surface area contributed by atoms with Crippen LogP contribution in [0, 0.1) is 0 Å². The highest BCUT2D eigenvalue weighted by Crippen LogP contribution is 2.38. The predicted octanol–water partition coefficient (Wildman–Crippen LogP) is 4.33. The number of nitrogens with zero attached hydrogens (tertiary/aromatic N) is 3. The van der Waals surface area contributed by atoms with Gasteiger partial charge in [-0.1, -0.05) is 23.2 Å². The van der Waals surface area contributed by atoms with E-state index in [1.807, 2.05) is 6.20 Å². The summed E-state index contributed by atoms with van der Waals surface area (Å²) in [4.78, 5) is 23.9. The van der Waals surface area contributed by atoms with Crippen molar-refractivity contribution in [2.75, 3.05) is 6.54 Å². The first kappa shape index (κ1) is 17.2. The highest BCUT2D eigenvalue weighted by Gasteiger charge is 2.28. The van der Waals surface area contributed by atoms with E-state index in [1.54, 1.807) is 18.2 Å². The third-order valence-corrected chi connectivity index (χ3v) is 5.91. The van der Waals surface area contributed by atoms with Crippen LogP contribution in [0.3, 0.4) is 0 Å². The molecule has 2 aliphatic rings. The van der Waals surface area contributed by atoms with E-state index in [0.29, 0.717) is 45.6 Å². The number of fused-ring (bicyclic) bond motifs is 2. The van der Waals surface area contributed by atoms with E-state index in [2.05, 4.69) is 9.88 Å². The van der Waals surface area contributed by atoms with Crippen molar-refractivity contribution in [1.29, 1.82) is 0 Å². The third-order valence-electron chi connectivity index (χ3n) is 5.25. The fourth-order valence-electron chi connectivity index (χ4n) is 3.60. The first-order valence-corrected chi connectivity index (χ1v) is 9.82. The van der Waals surface area contributed by atoms with Gasteiger partial charge in [-0.3, -0.25) is 4.90 Å². The number of halogens is 2. The van der Waals surface area contributed by atoms with Gasteiger partial charge in [-0.2, -0.15) is 0 Å². The van der Waals surface area contributed by atoms with Crippen molar-refractivity contribution in [1.82, 2.24) is 14.9 Å². The molecule has 0 bridgehead atoms. The van der Waals surface area contributed by atoms with Gasteiger partial charge in [-0.25, -0.2) is 14.8 Å². The van der Waals surface area contributed by atoms with E-state index >= 15 is 0 Å². The fourth-order valence-corrected chi connectivity index (χ4v) is 4.05. The molecule has 1 aliphatic carbocycles. The predicted molar refractivity (Wildman–Crippen MR) is 104 cm³/mol. The van der Waals surface area contributed by atoms with Crippen molar-refractivity contribution >= 4 is 34.2 Å². The van der Waals surface area contributed by atoms with Gasteiger partial charge in [0.25, 0.3) is 0 Å². The molecule has 0 radical (unpaired) electrons. The van der Waals surface area contributed by atoms with Crippen LogP contribution in [0.2, 0.25) is 10.0 Å². The summed E-state index contributed by atoms with van der Waals surface area (Å²) < 4.78 is 5.44. The number of benzene rings is 1. The van der Waals surface area contributed by atoms with Crippen molar-refractivity contribution in [2.24, 2.45) is 0 Å². The summed E-state index contributed by atoms with van der Waals surface area (Å²) in [5.41, 5.74) is 2.76. The molecule has 0 unspecified atom stereocenters. The van der Waals surface area contributed by atoms with Crippen LogP contribution < -0.4 is 5.63 Å². The lowest BCUT2D eigenvalue weighted by Gasteiger charge is -2.28. The molecule has 0 saturated heterocycles. The summed E-state index contributed by atoms with van der Waals surface area (Å²) in [6, 6.07) is 5.07. The SMILES string of the molecule is O=c1oc2ccc(Cl)cc2c(Cl)c1CN1CCc2nc(C3CC3)ncc2C1. The maximum atomic E-state index is 12.4. The summed E-state index contributed by atoms with van der Waals surface area (Å²) >= 11 is 12.6. The normalized spacial score (nSPS) is 17.3. The van der Waals surface area contributed by atoms with Gasteiger partial charge in [-0.15, -0.1) is 0 Å². The average Bonchev–Trinajstić information content (AvgIpc) is 3.51. The Bertz CT molecular complexity index is 1110. The molecule has 5 nitrogen and oxygen atoms in total. The lowest BCUT2D eigenvalue weighted by atomic mass is 10.1. The van der Waals surface area contributed by atoms with Crippen LogP contribution in [0.1, 0.15) is 41.4 Å². The molecule has 2 aromatic heterocycles. The van der Waals surface area contributed by atoms with Crippen molar-refractivity contribution < 1.29 is 4.42 Å². The highest BCUT2D eigenvalue weighted by molar-refractivity contribution is 6.37. The first-order valence-electron chi connectivity index (χ1n) is 9.06. The second kappa shape index (κ2) is 6.59. The number of rotatable bonds is 3. The summed E-state index contributed by atoms with van der Waals surface area (Å²) in [5, 5.41) is 1.63. The molecule has 1 fully saturated rings. The van der Waals surface area contributed by atoms with Gasteiger partial charge in [0.2, 0.25) is 0 Å². The van der Waals surface area contributed by atoms with Crippen LogP contribution in [-0.2, 0) is 19.5 Å². The number of aromatic nitrogens is 2. The Kier molecular flexibility index (Phi) is 4.19. The quantitative estimate of drug-likeness (QED) is 0.611. The van der Waals surface area contributed by atoms with Crippen molar-refractivity contribution in [3.8, 4) is 0 Å². The van der Waals surface area contributed by atoms with Gasteiger partial charge < -0.3 is 4.42 Å². The molecule has 3 heterocycles. The molecular formula is C20H17Cl2N3O2. The topological polar surface area (TPSA) is 59.2 Å². The summed E-state index contributed by atoms with van der Waals surface area (Å²) in [6.07, 6.45) is 5.18. The molecule has 0 spiro atoms. The van der Waals surface area contributed by atoms with Gasteiger partial charge in [0.05, 0.1) is 10.6 Å². The van der Waals surface area contributed by atoms with Crippen LogP contribution in [0.15, 0.2) is 33.6 Å². The van der Waals surface area contributed by atoms with E-state index in [0.717, 1.165) is 30.0 Å². The Morgan fingerprint density at radius 2 is 2.11 bits per heavy atom. The first-order chi connectivity index (χ1) is 13.1. The minimum Gasteiger partial charge on any atom is -0.422 e. The minimum atomic E-state index is -0.402. The molecule has 7 heteroatoms. The molecule has 3 aromatic rings. The average molecular weight is 402 g/mol. The van der Waals surface area contributed by atoms with E-state index < -0.39 is 5.63 Å². The largest absolute Gasteiger partial charge is 0.422 e. The molecule has 1 aromatic carbocycles. The Balaban J connectivity index is 1.43. The zero-order chi connectivity index (χ0) is 18.5. The Hall–Kier alpha value is -1.95. The molecule has 0 atom stereocenters. The van der Waals surface area contributed by atoms with E-state index in [4.69, 9.17) is 32.6 Å². The summed E-state index contributed by atoms with van der Waals surface area (Å²) in [6.45, 7) is 1.94. The molecule has 1 saturated carbocycles. The monoisotopic (exact) mass is 401 g/mol. The standard InChI is InChI=1S/C20H17Cl2N3O2/c21-13-3-4-17-14(7-13)18(22)15(20(26)27-17)10-25-6-5-16-12(9-25)8-23-19(24-16)11-1-2-11/h3-4,7-8,11H,1-2,5-6,9-10H2. The van der Waals surface area contributed by atoms with Gasteiger partial charge in [0.1, 0.15) is 11.4 Å². The maximum absolute atomic E-state index is 12.4. The van der Waals surface area contributed by atoms with Gasteiger partial charge in [-0.05, 0) is 31.0 Å². The van der Waals surface area contributed by atoms with E-state index in [1.165, 1.54) is 12.8 Å². The van der Waals surface area contributed by atoms with Crippen LogP contribution >= 0.6 is 23.2 Å². The van der Waals surface area contributed by atoms with Gasteiger partial charge in [0.15, 0.2) is 0 Å². The summed E-state index contributed by atoms with van der Waals surface area (Å²) in [7, 11) is 0. The minimum absolute atomic E-state index is 0.402. The number of hydrogen-bond acceptors (Lipinski definition) is 5. The molecule has 27 heavy (non-hydrogen) atoms. The van der Waals surface area contributed by atoms with Crippen LogP contribution in [0.4, 0.5) is 0 Å². The smallest absolute Gasteiger partial charge is 0.342 e. The van der Waals surface area contributed by atoms with Crippen molar-refractivity contribution in [3.05, 3.63) is 67.5 Å². The maximum Gasteiger partial charge on any atom is 0.342 e. The van der Waals surface area contributed by atoms with E-state index in [9.17, 15) is 4.79 Å². The molecule has 138 valence electrons. The summed E-state index contributed by atoms with van der Waals surface area (Å²) in [5.74, 6) is 1.54. The van der Waals surface area contributed by atoms with E-state index in [-0.39, 0.29) is 0 Å². The lowest BCUT2D eigenvalue weighted by Crippen LogP contribution is -2.32. The molecular weight excluding hydrogens is 385 g/mol. The second-order valence-corrected chi connectivity index (χ2v) is 8.07. The Morgan fingerprint density at radius 3 is 2.93 bits per heavy atom. The van der Waals surface area contributed by atoms with Crippen molar-refractivity contribution in [3.63, 3.8) is 0 Å². The zero-order valence-corrected chi connectivity index (χ0v) is 16.1. The third kappa shape index (κ3) is 3.24. The molecule has 0 N–H and O–H groups in total. The van der Waals surface area contributed by atoms with Gasteiger partial charge in [0, 0.05) is 59.8 Å². The van der Waals surface area contributed by atoms with Crippen LogP contribution in [0.25, 0.3) is 11.0 Å². The lowest BCUT2D eigenvalue weighted by molar-refractivity contribution is 0.239.